The molecule has 0 amide bonds. The van der Waals surface area contributed by atoms with Crippen molar-refractivity contribution in [1.29, 1.82) is 0 Å². The highest BCUT2D eigenvalue weighted by Gasteiger charge is 2.15. The van der Waals surface area contributed by atoms with Crippen LogP contribution < -0.4 is 0 Å². The van der Waals surface area contributed by atoms with Gasteiger partial charge in [-0.3, -0.25) is 5.10 Å². The number of aromatic amines is 1. The second-order valence-corrected chi connectivity index (χ2v) is 8.80. The van der Waals surface area contributed by atoms with E-state index in [1.54, 1.807) is 24.5 Å². The number of H-pyrrole nitrogens is 1. The molecule has 0 spiro atoms. The molecule has 0 radical (unpaired) electrons. The Labute approximate surface area is 157 Å². The third-order valence-corrected chi connectivity index (χ3v) is 5.60. The van der Waals surface area contributed by atoms with Crippen LogP contribution >= 0.6 is 0 Å². The van der Waals surface area contributed by atoms with Gasteiger partial charge in [0.05, 0.1) is 16.1 Å². The SMILES string of the molecule is CC(C)n1cnnc1-c1ccc2[nH]nc(-c3cccc(S(C)(=O)=O)c3)c2c1. The molecule has 0 atom stereocenters. The highest BCUT2D eigenvalue weighted by molar-refractivity contribution is 7.90. The summed E-state index contributed by atoms with van der Waals surface area (Å²) in [5.41, 5.74) is 3.24. The topological polar surface area (TPSA) is 93.5 Å². The summed E-state index contributed by atoms with van der Waals surface area (Å²) >= 11 is 0. The number of nitrogens with one attached hydrogen (secondary N) is 1. The zero-order valence-electron chi connectivity index (χ0n) is 15.2. The second-order valence-electron chi connectivity index (χ2n) is 6.79. The Kier molecular flexibility index (Phi) is 4.07. The molecule has 1 N–H and O–H groups in total. The molecule has 2 aromatic carbocycles. The van der Waals surface area contributed by atoms with Gasteiger partial charge in [-0.1, -0.05) is 12.1 Å². The Hall–Kier alpha value is -3.00. The van der Waals surface area contributed by atoms with E-state index in [4.69, 9.17) is 0 Å². The lowest BCUT2D eigenvalue weighted by Crippen LogP contribution is -2.01. The summed E-state index contributed by atoms with van der Waals surface area (Å²) in [7, 11) is -3.29. The van der Waals surface area contributed by atoms with E-state index in [0.717, 1.165) is 27.9 Å². The first-order valence-corrected chi connectivity index (χ1v) is 10.4. The molecule has 0 aliphatic heterocycles. The number of fused-ring (bicyclic) bond motifs is 1. The van der Waals surface area contributed by atoms with Gasteiger partial charge in [-0.2, -0.15) is 5.10 Å². The molecule has 27 heavy (non-hydrogen) atoms. The van der Waals surface area contributed by atoms with Crippen molar-refractivity contribution in [1.82, 2.24) is 25.0 Å². The van der Waals surface area contributed by atoms with Crippen LogP contribution in [0.1, 0.15) is 19.9 Å². The molecular formula is C19H19N5O2S. The molecule has 4 aromatic rings. The van der Waals surface area contributed by atoms with E-state index in [0.29, 0.717) is 5.69 Å². The van der Waals surface area contributed by atoms with Crippen molar-refractivity contribution in [2.45, 2.75) is 24.8 Å². The Bertz CT molecular complexity index is 1240. The molecule has 138 valence electrons. The fourth-order valence-corrected chi connectivity index (χ4v) is 3.74. The molecule has 8 heteroatoms. The van der Waals surface area contributed by atoms with Gasteiger partial charge in [0.25, 0.3) is 0 Å². The number of sulfone groups is 1. The van der Waals surface area contributed by atoms with Crippen molar-refractivity contribution in [3.8, 4) is 22.6 Å². The maximum Gasteiger partial charge on any atom is 0.175 e. The van der Waals surface area contributed by atoms with E-state index in [2.05, 4.69) is 34.2 Å². The minimum atomic E-state index is -3.29. The van der Waals surface area contributed by atoms with Crippen LogP contribution in [0.2, 0.25) is 0 Å². The van der Waals surface area contributed by atoms with Gasteiger partial charge in [0.15, 0.2) is 15.7 Å². The number of hydrogen-bond acceptors (Lipinski definition) is 5. The lowest BCUT2D eigenvalue weighted by Gasteiger charge is -2.10. The number of aromatic nitrogens is 5. The van der Waals surface area contributed by atoms with Gasteiger partial charge in [0.2, 0.25) is 0 Å². The summed E-state index contributed by atoms with van der Waals surface area (Å²) in [6, 6.07) is 13.0. The summed E-state index contributed by atoms with van der Waals surface area (Å²) in [4.78, 5) is 0.270. The average molecular weight is 381 g/mol. The Morgan fingerprint density at radius 3 is 2.63 bits per heavy atom. The fourth-order valence-electron chi connectivity index (χ4n) is 3.07. The van der Waals surface area contributed by atoms with Crippen molar-refractivity contribution in [2.75, 3.05) is 6.26 Å². The van der Waals surface area contributed by atoms with Crippen LogP contribution in [-0.4, -0.2) is 39.6 Å². The average Bonchev–Trinajstić information content (AvgIpc) is 3.27. The zero-order valence-corrected chi connectivity index (χ0v) is 16.0. The normalized spacial score (nSPS) is 12.1. The van der Waals surface area contributed by atoms with Gasteiger partial charge in [0, 0.05) is 28.8 Å². The van der Waals surface area contributed by atoms with E-state index < -0.39 is 9.84 Å². The zero-order chi connectivity index (χ0) is 19.2. The minimum absolute atomic E-state index is 0.237. The van der Waals surface area contributed by atoms with Gasteiger partial charge in [0.1, 0.15) is 6.33 Å². The van der Waals surface area contributed by atoms with Crippen LogP contribution in [0.5, 0.6) is 0 Å². The van der Waals surface area contributed by atoms with Crippen molar-refractivity contribution in [3.63, 3.8) is 0 Å². The summed E-state index contributed by atoms with van der Waals surface area (Å²) in [6.45, 7) is 4.15. The molecule has 0 saturated heterocycles. The van der Waals surface area contributed by atoms with E-state index >= 15 is 0 Å². The molecule has 0 aliphatic carbocycles. The van der Waals surface area contributed by atoms with E-state index in [-0.39, 0.29) is 10.9 Å². The van der Waals surface area contributed by atoms with Crippen LogP contribution in [0.4, 0.5) is 0 Å². The molecule has 0 bridgehead atoms. The smallest absolute Gasteiger partial charge is 0.175 e. The van der Waals surface area contributed by atoms with E-state index in [9.17, 15) is 8.42 Å². The number of nitrogens with zero attached hydrogens (tertiary/aromatic N) is 4. The van der Waals surface area contributed by atoms with Crippen LogP contribution in [0, 0.1) is 0 Å². The summed E-state index contributed by atoms with van der Waals surface area (Å²) in [5, 5.41) is 16.6. The first kappa shape index (κ1) is 17.4. The molecule has 0 unspecified atom stereocenters. The number of benzene rings is 2. The molecule has 4 rings (SSSR count). The van der Waals surface area contributed by atoms with Gasteiger partial charge in [-0.15, -0.1) is 10.2 Å². The summed E-state index contributed by atoms with van der Waals surface area (Å²) in [6.07, 6.45) is 2.92. The Balaban J connectivity index is 1.88. The molecule has 0 saturated carbocycles. The molecular weight excluding hydrogens is 362 g/mol. The van der Waals surface area contributed by atoms with Crippen molar-refractivity contribution in [3.05, 3.63) is 48.8 Å². The first-order valence-electron chi connectivity index (χ1n) is 8.53. The highest BCUT2D eigenvalue weighted by Crippen LogP contribution is 2.31. The van der Waals surface area contributed by atoms with Gasteiger partial charge in [-0.25, -0.2) is 8.42 Å². The third-order valence-electron chi connectivity index (χ3n) is 4.49. The van der Waals surface area contributed by atoms with Gasteiger partial charge < -0.3 is 4.57 Å². The molecule has 0 aliphatic rings. The van der Waals surface area contributed by atoms with E-state index in [1.807, 2.05) is 28.8 Å². The largest absolute Gasteiger partial charge is 0.311 e. The maximum absolute atomic E-state index is 11.9. The maximum atomic E-state index is 11.9. The van der Waals surface area contributed by atoms with Crippen LogP contribution in [0.15, 0.2) is 53.7 Å². The number of hydrogen-bond donors (Lipinski definition) is 1. The second kappa shape index (κ2) is 6.31. The van der Waals surface area contributed by atoms with Gasteiger partial charge >= 0.3 is 0 Å². The molecule has 0 fully saturated rings. The van der Waals surface area contributed by atoms with Gasteiger partial charge in [-0.05, 0) is 44.2 Å². The Morgan fingerprint density at radius 2 is 1.89 bits per heavy atom. The van der Waals surface area contributed by atoms with E-state index in [1.165, 1.54) is 6.26 Å². The Morgan fingerprint density at radius 1 is 1.07 bits per heavy atom. The first-order chi connectivity index (χ1) is 12.8. The quantitative estimate of drug-likeness (QED) is 0.584. The monoisotopic (exact) mass is 381 g/mol. The lowest BCUT2D eigenvalue weighted by atomic mass is 10.1. The fraction of sp³-hybridized carbons (Fsp3) is 0.211. The molecule has 7 nitrogen and oxygen atoms in total. The molecule has 2 heterocycles. The van der Waals surface area contributed by atoms with Crippen LogP contribution in [0.3, 0.4) is 0 Å². The van der Waals surface area contributed by atoms with Crippen LogP contribution in [0.25, 0.3) is 33.5 Å². The summed E-state index contributed by atoms with van der Waals surface area (Å²) in [5.74, 6) is 0.781. The molecule has 2 aromatic heterocycles. The van der Waals surface area contributed by atoms with Crippen molar-refractivity contribution < 1.29 is 8.42 Å². The van der Waals surface area contributed by atoms with Crippen molar-refractivity contribution >= 4 is 20.7 Å². The third kappa shape index (κ3) is 3.12. The lowest BCUT2D eigenvalue weighted by molar-refractivity contribution is 0.602. The van der Waals surface area contributed by atoms with Crippen molar-refractivity contribution in [2.24, 2.45) is 0 Å². The number of rotatable bonds is 4. The highest BCUT2D eigenvalue weighted by atomic mass is 32.2. The predicted molar refractivity (Wildman–Crippen MR) is 104 cm³/mol. The summed E-state index contributed by atoms with van der Waals surface area (Å²) < 4.78 is 25.8. The predicted octanol–water partition coefficient (Wildman–Crippen LogP) is 3.47. The minimum Gasteiger partial charge on any atom is -0.311 e. The van der Waals surface area contributed by atoms with Crippen LogP contribution in [-0.2, 0) is 9.84 Å². The standard InChI is InChI=1S/C19H19N5O2S/c1-12(2)24-11-20-23-19(24)14-7-8-17-16(10-14)18(22-21-17)13-5-4-6-15(9-13)27(3,25)26/h4-12H,1-3H3,(H,21,22).